The van der Waals surface area contributed by atoms with Crippen LogP contribution < -0.4 is 5.73 Å². The molecule has 0 spiro atoms. The van der Waals surface area contributed by atoms with Crippen LogP contribution in [0.4, 0.5) is 10.1 Å². The third kappa shape index (κ3) is 2.91. The monoisotopic (exact) mass is 292 g/mol. The minimum Gasteiger partial charge on any atom is -0.383 e. The van der Waals surface area contributed by atoms with Crippen LogP contribution in [0.2, 0.25) is 0 Å². The van der Waals surface area contributed by atoms with Crippen molar-refractivity contribution in [2.75, 3.05) is 0 Å². The molecule has 0 radical (unpaired) electrons. The molecule has 0 atom stereocenters. The highest BCUT2D eigenvalue weighted by molar-refractivity contribution is 9.10. The predicted molar refractivity (Wildman–Crippen MR) is 70.9 cm³/mol. The summed E-state index contributed by atoms with van der Waals surface area (Å²) in [5.41, 5.74) is 6.77. The van der Waals surface area contributed by atoms with Crippen LogP contribution in [0.25, 0.3) is 0 Å². The second-order valence-corrected chi connectivity index (χ2v) is 4.37. The smallest absolute Gasteiger partial charge is 0.134 e. The predicted octanol–water partition coefficient (Wildman–Crippen LogP) is 3.63. The fourth-order valence-electron chi connectivity index (χ4n) is 1.38. The molecular weight excluding hydrogens is 283 g/mol. The lowest BCUT2D eigenvalue weighted by atomic mass is 10.2. The van der Waals surface area contributed by atoms with Crippen LogP contribution in [0.3, 0.4) is 0 Å². The Bertz CT molecular complexity index is 550. The normalized spacial score (nSPS) is 11.5. The summed E-state index contributed by atoms with van der Waals surface area (Å²) in [6.45, 7) is 0. The Morgan fingerprint density at radius 3 is 2.35 bits per heavy atom. The third-order valence-corrected chi connectivity index (χ3v) is 2.75. The van der Waals surface area contributed by atoms with Crippen molar-refractivity contribution in [3.8, 4) is 0 Å². The van der Waals surface area contributed by atoms with Crippen LogP contribution in [0.5, 0.6) is 0 Å². The zero-order valence-corrected chi connectivity index (χ0v) is 10.5. The van der Waals surface area contributed by atoms with Crippen molar-refractivity contribution in [3.63, 3.8) is 0 Å². The lowest BCUT2D eigenvalue weighted by Crippen LogP contribution is -2.14. The maximum atomic E-state index is 13.4. The molecule has 2 N–H and O–H groups in total. The molecule has 0 aliphatic carbocycles. The molecule has 0 heterocycles. The highest BCUT2D eigenvalue weighted by atomic mass is 79.9. The van der Waals surface area contributed by atoms with Crippen LogP contribution in [0.15, 0.2) is 58.0 Å². The van der Waals surface area contributed by atoms with E-state index < -0.39 is 0 Å². The summed E-state index contributed by atoms with van der Waals surface area (Å²) in [6, 6.07) is 13.6. The minimum atomic E-state index is -0.370. The van der Waals surface area contributed by atoms with Crippen LogP contribution in [0, 0.1) is 5.82 Å². The van der Waals surface area contributed by atoms with Gasteiger partial charge in [0.05, 0.1) is 11.3 Å². The Kier molecular flexibility index (Phi) is 3.54. The van der Waals surface area contributed by atoms with Crippen molar-refractivity contribution in [2.24, 2.45) is 10.7 Å². The first kappa shape index (κ1) is 11.8. The van der Waals surface area contributed by atoms with Gasteiger partial charge in [-0.2, -0.15) is 0 Å². The van der Waals surface area contributed by atoms with E-state index in [2.05, 4.69) is 20.9 Å². The van der Waals surface area contributed by atoms with Crippen molar-refractivity contribution in [2.45, 2.75) is 0 Å². The average Bonchev–Trinajstić information content (AvgIpc) is 2.32. The zero-order chi connectivity index (χ0) is 12.3. The number of benzene rings is 2. The molecule has 4 heteroatoms. The molecule has 17 heavy (non-hydrogen) atoms. The maximum Gasteiger partial charge on any atom is 0.134 e. The molecule has 2 aromatic rings. The first-order valence-electron chi connectivity index (χ1n) is 5.01. The molecule has 86 valence electrons. The van der Waals surface area contributed by atoms with Gasteiger partial charge >= 0.3 is 0 Å². The zero-order valence-electron chi connectivity index (χ0n) is 8.90. The minimum absolute atomic E-state index is 0.172. The molecule has 0 amide bonds. The number of halogens is 2. The topological polar surface area (TPSA) is 38.4 Å². The van der Waals surface area contributed by atoms with Gasteiger partial charge in [-0.15, -0.1) is 0 Å². The first-order valence-corrected chi connectivity index (χ1v) is 5.81. The molecule has 0 bridgehead atoms. The number of hydrogen-bond acceptors (Lipinski definition) is 1. The van der Waals surface area contributed by atoms with Gasteiger partial charge in [-0.3, -0.25) is 0 Å². The molecule has 0 saturated heterocycles. The molecule has 0 saturated carbocycles. The van der Waals surface area contributed by atoms with E-state index >= 15 is 0 Å². The van der Waals surface area contributed by atoms with E-state index in [9.17, 15) is 4.39 Å². The van der Waals surface area contributed by atoms with Crippen molar-refractivity contribution in [3.05, 3.63) is 64.4 Å². The Labute approximate surface area is 107 Å². The molecule has 2 rings (SSSR count). The molecule has 0 aliphatic heterocycles. The summed E-state index contributed by atoms with van der Waals surface area (Å²) in [5, 5.41) is 0. The Hall–Kier alpha value is -1.68. The quantitative estimate of drug-likeness (QED) is 0.666. The van der Waals surface area contributed by atoms with E-state index in [1.54, 1.807) is 30.3 Å². The van der Waals surface area contributed by atoms with Crippen LogP contribution in [0.1, 0.15) is 5.56 Å². The summed E-state index contributed by atoms with van der Waals surface area (Å²) >= 11 is 3.33. The number of aliphatic imine (C=N–C) groups is 1. The lowest BCUT2D eigenvalue weighted by Gasteiger charge is -2.02. The highest BCUT2D eigenvalue weighted by Gasteiger charge is 2.04. The summed E-state index contributed by atoms with van der Waals surface area (Å²) in [5.74, 6) is -0.198. The molecule has 0 unspecified atom stereocenters. The lowest BCUT2D eigenvalue weighted by molar-refractivity contribution is 0.625. The van der Waals surface area contributed by atoms with Gasteiger partial charge in [-0.05, 0) is 36.4 Å². The fraction of sp³-hybridized carbons (Fsp3) is 0. The standard InChI is InChI=1S/C13H10BrFN2/c14-9-5-7-10(8-6-9)17-13(16)11-3-1-2-4-12(11)15/h1-8H,(H2,16,17). The van der Waals surface area contributed by atoms with Crippen LogP contribution in [-0.4, -0.2) is 5.84 Å². The highest BCUT2D eigenvalue weighted by Crippen LogP contribution is 2.17. The summed E-state index contributed by atoms with van der Waals surface area (Å²) in [4.78, 5) is 4.16. The Morgan fingerprint density at radius 1 is 1.06 bits per heavy atom. The van der Waals surface area contributed by atoms with E-state index in [0.717, 1.165) is 4.47 Å². The largest absolute Gasteiger partial charge is 0.383 e. The van der Waals surface area contributed by atoms with Gasteiger partial charge < -0.3 is 5.73 Å². The summed E-state index contributed by atoms with van der Waals surface area (Å²) < 4.78 is 14.4. The van der Waals surface area contributed by atoms with Gasteiger partial charge in [0.25, 0.3) is 0 Å². The average molecular weight is 293 g/mol. The van der Waals surface area contributed by atoms with Gasteiger partial charge in [0.15, 0.2) is 0 Å². The van der Waals surface area contributed by atoms with Crippen molar-refractivity contribution < 1.29 is 4.39 Å². The van der Waals surface area contributed by atoms with Crippen molar-refractivity contribution in [1.82, 2.24) is 0 Å². The van der Waals surface area contributed by atoms with E-state index in [-0.39, 0.29) is 11.7 Å². The van der Waals surface area contributed by atoms with Crippen LogP contribution in [-0.2, 0) is 0 Å². The molecule has 2 nitrogen and oxygen atoms in total. The Balaban J connectivity index is 2.34. The van der Waals surface area contributed by atoms with Gasteiger partial charge in [-0.1, -0.05) is 28.1 Å². The fourth-order valence-corrected chi connectivity index (χ4v) is 1.65. The van der Waals surface area contributed by atoms with Gasteiger partial charge in [0.1, 0.15) is 11.7 Å². The second-order valence-electron chi connectivity index (χ2n) is 3.45. The van der Waals surface area contributed by atoms with E-state index in [1.807, 2.05) is 12.1 Å². The number of hydrogen-bond donors (Lipinski definition) is 1. The summed E-state index contributed by atoms with van der Waals surface area (Å²) in [7, 11) is 0. The number of rotatable bonds is 2. The number of amidine groups is 1. The Morgan fingerprint density at radius 2 is 1.71 bits per heavy atom. The second kappa shape index (κ2) is 5.10. The molecular formula is C13H10BrFN2. The third-order valence-electron chi connectivity index (χ3n) is 2.23. The maximum absolute atomic E-state index is 13.4. The van der Waals surface area contributed by atoms with Gasteiger partial charge in [0.2, 0.25) is 0 Å². The molecule has 0 fully saturated rings. The van der Waals surface area contributed by atoms with Crippen molar-refractivity contribution >= 4 is 27.5 Å². The van der Waals surface area contributed by atoms with E-state index in [4.69, 9.17) is 5.73 Å². The molecule has 0 aromatic heterocycles. The van der Waals surface area contributed by atoms with Gasteiger partial charge in [0, 0.05) is 4.47 Å². The first-order chi connectivity index (χ1) is 8.16. The molecule has 0 aliphatic rings. The summed E-state index contributed by atoms with van der Waals surface area (Å²) in [6.07, 6.45) is 0. The number of nitrogens with zero attached hydrogens (tertiary/aromatic N) is 1. The van der Waals surface area contributed by atoms with Crippen LogP contribution >= 0.6 is 15.9 Å². The van der Waals surface area contributed by atoms with E-state index in [0.29, 0.717) is 11.3 Å². The number of nitrogens with two attached hydrogens (primary N) is 1. The molecule has 2 aromatic carbocycles. The SMILES string of the molecule is NC(=Nc1ccc(Br)cc1)c1ccccc1F. The van der Waals surface area contributed by atoms with E-state index in [1.165, 1.54) is 6.07 Å². The van der Waals surface area contributed by atoms with Gasteiger partial charge in [-0.25, -0.2) is 9.38 Å². The van der Waals surface area contributed by atoms with Crippen molar-refractivity contribution in [1.29, 1.82) is 0 Å².